The van der Waals surface area contributed by atoms with Crippen LogP contribution in [0.25, 0.3) is 11.0 Å². The number of nitrogens with two attached hydrogens (primary N) is 1. The monoisotopic (exact) mass is 359 g/mol. The van der Waals surface area contributed by atoms with E-state index in [0.717, 1.165) is 81.4 Å². The van der Waals surface area contributed by atoms with Gasteiger partial charge in [-0.1, -0.05) is 19.8 Å². The van der Waals surface area contributed by atoms with E-state index in [4.69, 9.17) is 10.7 Å². The zero-order chi connectivity index (χ0) is 18.4. The van der Waals surface area contributed by atoms with Crippen LogP contribution in [-0.4, -0.2) is 50.7 Å². The molecule has 0 spiro atoms. The molecule has 0 amide bonds. The summed E-state index contributed by atoms with van der Waals surface area (Å²) in [7, 11) is 0. The molecule has 144 valence electrons. The zero-order valence-corrected chi connectivity index (χ0v) is 16.0. The lowest BCUT2D eigenvalue weighted by Crippen LogP contribution is -2.36. The normalized spacial score (nSPS) is 16.5. The number of hydrogen-bond donors (Lipinski definition) is 3. The number of likely N-dealkylation sites (tertiary alicyclic amines) is 1. The maximum absolute atomic E-state index is 9.57. The van der Waals surface area contributed by atoms with E-state index in [1.807, 2.05) is 6.20 Å². The lowest BCUT2D eigenvalue weighted by Gasteiger charge is -2.29. The van der Waals surface area contributed by atoms with Crippen molar-refractivity contribution < 1.29 is 5.11 Å². The fourth-order valence-corrected chi connectivity index (χ4v) is 3.74. The van der Waals surface area contributed by atoms with Crippen LogP contribution in [-0.2, 0) is 12.8 Å². The first kappa shape index (κ1) is 19.1. The molecule has 0 aliphatic carbocycles. The van der Waals surface area contributed by atoms with E-state index >= 15 is 0 Å². The van der Waals surface area contributed by atoms with Crippen LogP contribution in [0.3, 0.4) is 0 Å². The van der Waals surface area contributed by atoms with Gasteiger partial charge < -0.3 is 20.7 Å². The van der Waals surface area contributed by atoms with Crippen LogP contribution < -0.4 is 5.73 Å². The van der Waals surface area contributed by atoms with Crippen LogP contribution >= 0.6 is 0 Å². The third-order valence-electron chi connectivity index (χ3n) is 5.41. The minimum absolute atomic E-state index is 0.0789. The second-order valence-electron chi connectivity index (χ2n) is 7.55. The summed E-state index contributed by atoms with van der Waals surface area (Å²) < 4.78 is 0. The Kier molecular flexibility index (Phi) is 6.86. The van der Waals surface area contributed by atoms with Gasteiger partial charge in [0.15, 0.2) is 5.82 Å². The molecule has 6 heteroatoms. The van der Waals surface area contributed by atoms with Crippen LogP contribution in [0.5, 0.6) is 0 Å². The van der Waals surface area contributed by atoms with Gasteiger partial charge in [0, 0.05) is 25.7 Å². The van der Waals surface area contributed by atoms with E-state index in [0.29, 0.717) is 5.82 Å². The average molecular weight is 360 g/mol. The molecule has 2 aromatic heterocycles. The van der Waals surface area contributed by atoms with Gasteiger partial charge in [-0.2, -0.15) is 0 Å². The molecule has 3 heterocycles. The van der Waals surface area contributed by atoms with Crippen LogP contribution in [0.4, 0.5) is 5.82 Å². The number of H-pyrrole nitrogens is 1. The highest BCUT2D eigenvalue weighted by Crippen LogP contribution is 2.23. The van der Waals surface area contributed by atoms with Crippen molar-refractivity contribution in [3.63, 3.8) is 0 Å². The number of unbranched alkanes of at least 4 members (excludes halogenated alkanes) is 3. The molecule has 0 aromatic carbocycles. The Hall–Kier alpha value is -1.66. The summed E-state index contributed by atoms with van der Waals surface area (Å²) >= 11 is 0. The van der Waals surface area contributed by atoms with Crippen LogP contribution in [0.15, 0.2) is 6.20 Å². The minimum Gasteiger partial charge on any atom is -0.393 e. The molecule has 0 bridgehead atoms. The fourth-order valence-electron chi connectivity index (χ4n) is 3.74. The molecular weight excluding hydrogens is 326 g/mol. The summed E-state index contributed by atoms with van der Waals surface area (Å²) in [4.78, 5) is 14.9. The van der Waals surface area contributed by atoms with Crippen molar-refractivity contribution in [2.45, 2.75) is 70.8 Å². The van der Waals surface area contributed by atoms with E-state index < -0.39 is 0 Å². The van der Waals surface area contributed by atoms with Gasteiger partial charge in [-0.05, 0) is 50.6 Å². The van der Waals surface area contributed by atoms with Gasteiger partial charge in [-0.15, -0.1) is 0 Å². The number of aliphatic hydroxyl groups is 1. The van der Waals surface area contributed by atoms with Gasteiger partial charge >= 0.3 is 0 Å². The number of anilines is 1. The van der Waals surface area contributed by atoms with Gasteiger partial charge in [0.2, 0.25) is 0 Å². The van der Waals surface area contributed by atoms with Crippen molar-refractivity contribution in [1.29, 1.82) is 0 Å². The number of aromatic amines is 1. The van der Waals surface area contributed by atoms with Crippen molar-refractivity contribution >= 4 is 16.9 Å². The molecule has 2 aromatic rings. The Morgan fingerprint density at radius 2 is 1.96 bits per heavy atom. The number of hydrogen-bond acceptors (Lipinski definition) is 5. The molecule has 0 radical (unpaired) electrons. The maximum Gasteiger partial charge on any atom is 0.151 e. The number of aryl methyl sites for hydroxylation is 2. The third kappa shape index (κ3) is 4.95. The SMILES string of the molecule is CCCCc1nc(N)c2[nH]cc(CCCCCN3CCC(O)CC3)c2n1. The summed E-state index contributed by atoms with van der Waals surface area (Å²) in [6.07, 6.45) is 11.6. The largest absolute Gasteiger partial charge is 0.393 e. The summed E-state index contributed by atoms with van der Waals surface area (Å²) in [6.45, 7) is 5.41. The van der Waals surface area contributed by atoms with Crippen molar-refractivity contribution in [2.75, 3.05) is 25.4 Å². The molecule has 4 N–H and O–H groups in total. The smallest absolute Gasteiger partial charge is 0.151 e. The Bertz CT molecular complexity index is 691. The second kappa shape index (κ2) is 9.33. The number of fused-ring (bicyclic) bond motifs is 1. The molecule has 0 atom stereocenters. The summed E-state index contributed by atoms with van der Waals surface area (Å²) in [5.41, 5.74) is 9.25. The molecule has 6 nitrogen and oxygen atoms in total. The second-order valence-corrected chi connectivity index (χ2v) is 7.55. The highest BCUT2D eigenvalue weighted by molar-refractivity contribution is 5.87. The van der Waals surface area contributed by atoms with E-state index in [1.165, 1.54) is 18.4 Å². The quantitative estimate of drug-likeness (QED) is 0.599. The van der Waals surface area contributed by atoms with E-state index in [9.17, 15) is 5.11 Å². The number of nitrogen functional groups attached to an aromatic ring is 1. The number of rotatable bonds is 9. The molecule has 1 aliphatic heterocycles. The zero-order valence-electron chi connectivity index (χ0n) is 16.0. The van der Waals surface area contributed by atoms with E-state index in [2.05, 4.69) is 21.8 Å². The lowest BCUT2D eigenvalue weighted by atomic mass is 10.1. The molecule has 3 rings (SSSR count). The lowest BCUT2D eigenvalue weighted by molar-refractivity contribution is 0.0818. The first-order valence-corrected chi connectivity index (χ1v) is 10.2. The Labute approximate surface area is 156 Å². The molecule has 0 unspecified atom stereocenters. The highest BCUT2D eigenvalue weighted by Gasteiger charge is 2.16. The van der Waals surface area contributed by atoms with Crippen LogP contribution in [0.1, 0.15) is 63.3 Å². The average Bonchev–Trinajstić information content (AvgIpc) is 3.05. The Balaban J connectivity index is 1.48. The van der Waals surface area contributed by atoms with Gasteiger partial charge in [-0.25, -0.2) is 9.97 Å². The van der Waals surface area contributed by atoms with Gasteiger partial charge in [0.1, 0.15) is 11.3 Å². The Morgan fingerprint density at radius 1 is 1.15 bits per heavy atom. The van der Waals surface area contributed by atoms with Crippen molar-refractivity contribution in [2.24, 2.45) is 0 Å². The number of nitrogens with zero attached hydrogens (tertiary/aromatic N) is 3. The standard InChI is InChI=1S/C20H33N5O/c1-2-3-8-17-23-18-15(14-22-19(18)20(21)24-17)7-5-4-6-11-25-12-9-16(26)10-13-25/h14,16,22,26H,2-13H2,1H3,(H2,21,23,24). The summed E-state index contributed by atoms with van der Waals surface area (Å²) in [5, 5.41) is 9.57. The van der Waals surface area contributed by atoms with E-state index in [1.54, 1.807) is 0 Å². The molecule has 26 heavy (non-hydrogen) atoms. The van der Waals surface area contributed by atoms with Crippen molar-refractivity contribution in [3.8, 4) is 0 Å². The highest BCUT2D eigenvalue weighted by atomic mass is 16.3. The number of piperidine rings is 1. The molecule has 1 aliphatic rings. The van der Waals surface area contributed by atoms with Crippen molar-refractivity contribution in [3.05, 3.63) is 17.6 Å². The first-order valence-electron chi connectivity index (χ1n) is 10.2. The predicted molar refractivity (Wildman–Crippen MR) is 106 cm³/mol. The summed E-state index contributed by atoms with van der Waals surface area (Å²) in [6, 6.07) is 0. The number of nitrogens with one attached hydrogen (secondary N) is 1. The van der Waals surface area contributed by atoms with Crippen LogP contribution in [0.2, 0.25) is 0 Å². The number of aromatic nitrogens is 3. The fraction of sp³-hybridized carbons (Fsp3) is 0.700. The Morgan fingerprint density at radius 3 is 2.73 bits per heavy atom. The molecule has 1 fully saturated rings. The van der Waals surface area contributed by atoms with Gasteiger partial charge in [-0.3, -0.25) is 0 Å². The van der Waals surface area contributed by atoms with E-state index in [-0.39, 0.29) is 6.10 Å². The molecule has 1 saturated heterocycles. The predicted octanol–water partition coefficient (Wildman–Crippen LogP) is 3.05. The van der Waals surface area contributed by atoms with Gasteiger partial charge in [0.05, 0.1) is 11.6 Å². The first-order chi connectivity index (χ1) is 12.7. The molecular formula is C20H33N5O. The molecule has 0 saturated carbocycles. The van der Waals surface area contributed by atoms with Crippen LogP contribution in [0, 0.1) is 0 Å². The third-order valence-corrected chi connectivity index (χ3v) is 5.41. The number of aliphatic hydroxyl groups excluding tert-OH is 1. The van der Waals surface area contributed by atoms with Crippen molar-refractivity contribution in [1.82, 2.24) is 19.9 Å². The summed E-state index contributed by atoms with van der Waals surface area (Å²) in [5.74, 6) is 1.43. The minimum atomic E-state index is -0.0789. The maximum atomic E-state index is 9.57. The van der Waals surface area contributed by atoms with Gasteiger partial charge in [0.25, 0.3) is 0 Å². The topological polar surface area (TPSA) is 91.1 Å².